The third-order valence-corrected chi connectivity index (χ3v) is 16.8. The van der Waals surface area contributed by atoms with Crippen molar-refractivity contribution in [1.82, 2.24) is 35.5 Å². The highest BCUT2D eigenvalue weighted by molar-refractivity contribution is 7.91. The number of benzene rings is 1. The van der Waals surface area contributed by atoms with Crippen LogP contribution in [0.25, 0.3) is 22.3 Å². The van der Waals surface area contributed by atoms with Crippen LogP contribution < -0.4 is 35.5 Å². The van der Waals surface area contributed by atoms with E-state index in [1.807, 2.05) is 37.4 Å². The molecule has 3 fully saturated rings. The highest BCUT2D eigenvalue weighted by atomic mass is 32.2. The van der Waals surface area contributed by atoms with E-state index in [-0.39, 0.29) is 48.5 Å². The number of thiazole rings is 1. The molecule has 2 saturated carbocycles. The van der Waals surface area contributed by atoms with Crippen molar-refractivity contribution in [1.29, 1.82) is 0 Å². The average molecular weight is 977 g/mol. The van der Waals surface area contributed by atoms with Crippen LogP contribution in [0.2, 0.25) is 0 Å². The van der Waals surface area contributed by atoms with Crippen LogP contribution in [0.15, 0.2) is 63.5 Å². The van der Waals surface area contributed by atoms with Crippen molar-refractivity contribution < 1.29 is 42.2 Å². The molecule has 8 rings (SSSR count). The second-order valence-electron chi connectivity index (χ2n) is 18.3. The van der Waals surface area contributed by atoms with Gasteiger partial charge in [-0.2, -0.15) is 0 Å². The van der Waals surface area contributed by atoms with Crippen LogP contribution in [-0.4, -0.2) is 108 Å². The summed E-state index contributed by atoms with van der Waals surface area (Å²) in [5.74, 6) is -1.63. The number of sulfonamides is 1. The van der Waals surface area contributed by atoms with Gasteiger partial charge in [-0.3, -0.25) is 9.59 Å². The lowest BCUT2D eigenvalue weighted by Gasteiger charge is -2.32. The summed E-state index contributed by atoms with van der Waals surface area (Å²) in [6.45, 7) is 3.99. The first-order chi connectivity index (χ1) is 32.2. The number of nitrogens with zero attached hydrogens (tertiary/aromatic N) is 3. The summed E-state index contributed by atoms with van der Waals surface area (Å²) >= 11 is 2.56. The van der Waals surface area contributed by atoms with E-state index >= 15 is 4.79 Å². The van der Waals surface area contributed by atoms with Crippen molar-refractivity contribution in [3.05, 3.63) is 59.3 Å². The summed E-state index contributed by atoms with van der Waals surface area (Å²) in [6, 6.07) is 7.22. The fourth-order valence-electron chi connectivity index (χ4n) is 9.49. The Morgan fingerprint density at radius 2 is 1.81 bits per heavy atom. The molecule has 20 heteroatoms. The van der Waals surface area contributed by atoms with Gasteiger partial charge in [0.25, 0.3) is 0 Å². The molecule has 1 saturated heterocycles. The Morgan fingerprint density at radius 1 is 1.01 bits per heavy atom. The number of hydrogen-bond donors (Lipinski definition) is 6. The van der Waals surface area contributed by atoms with Crippen molar-refractivity contribution >= 4 is 72.5 Å². The van der Waals surface area contributed by atoms with Gasteiger partial charge in [0.2, 0.25) is 21.8 Å². The van der Waals surface area contributed by atoms with Gasteiger partial charge >= 0.3 is 12.0 Å². The maximum Gasteiger partial charge on any atom is 0.330 e. The molecule has 6 N–H and O–H groups in total. The smallest absolute Gasteiger partial charge is 0.330 e. The number of methoxy groups -OCH3 is 1. The zero-order valence-electron chi connectivity index (χ0n) is 38.0. The van der Waals surface area contributed by atoms with E-state index in [1.165, 1.54) is 22.3 Å². The van der Waals surface area contributed by atoms with Crippen LogP contribution in [0.4, 0.5) is 9.93 Å². The standard InChI is InChI=1S/C47H60N8O9S3/c1-28(2)49-46-53-38(27-66-46)36-23-40(33-19-18-31(63-3)21-35(33)50-36)64-32-22-39-42(56)54-47(44(58)59)24-30(47)15-10-5-4-6-11-16-34(43(57)55(39)26-32)51-45(60)52-37(29-13-8-7-9-14-29)25-48-67(61,62)41-17-12-20-65-41/h10,12,15,17-21,23,27-30,32,34,37,39,48H,4-9,11,13-14,16,22,24-26H2,1-3H3,(H,49,53)(H,54,56)(H,58,59)(H2,51,52,60)/b15-10-/t30?,32-,34+,37-,39+,47-/m1/s1. The number of fused-ring (bicyclic) bond motifs is 3. The van der Waals surface area contributed by atoms with Gasteiger partial charge in [-0.05, 0) is 81.9 Å². The summed E-state index contributed by atoms with van der Waals surface area (Å²) in [6.07, 6.45) is 11.0. The number of carbonyl (C=O) groups excluding carboxylic acids is 3. The van der Waals surface area contributed by atoms with Crippen LogP contribution >= 0.6 is 22.7 Å². The molecule has 1 unspecified atom stereocenters. The number of pyridine rings is 1. The number of nitrogens with one attached hydrogen (secondary N) is 5. The third-order valence-electron chi connectivity index (χ3n) is 13.2. The Kier molecular flexibility index (Phi) is 15.0. The fraction of sp³-hybridized carbons (Fsp3) is 0.532. The first-order valence-corrected chi connectivity index (χ1v) is 26.5. The third kappa shape index (κ3) is 11.4. The molecule has 6 atom stereocenters. The number of hydrogen-bond acceptors (Lipinski definition) is 13. The highest BCUT2D eigenvalue weighted by Crippen LogP contribution is 2.46. The van der Waals surface area contributed by atoms with Crippen molar-refractivity contribution in [2.45, 2.75) is 131 Å². The number of allylic oxidation sites excluding steroid dienone is 1. The van der Waals surface area contributed by atoms with Gasteiger partial charge < -0.3 is 40.7 Å². The quantitative estimate of drug-likeness (QED) is 0.0728. The predicted octanol–water partition coefficient (Wildman–Crippen LogP) is 6.67. The molecule has 4 aliphatic rings. The number of ether oxygens (including phenoxy) is 2. The number of carboxylic acid groups (broad SMARTS) is 1. The Hall–Kier alpha value is -5.31. The van der Waals surface area contributed by atoms with E-state index < -0.39 is 69.5 Å². The molecule has 5 heterocycles. The Labute approximate surface area is 398 Å². The minimum Gasteiger partial charge on any atom is -0.497 e. The maximum absolute atomic E-state index is 15.0. The lowest BCUT2D eigenvalue weighted by atomic mass is 9.84. The molecule has 0 spiro atoms. The van der Waals surface area contributed by atoms with E-state index in [9.17, 15) is 27.9 Å². The monoisotopic (exact) mass is 976 g/mol. The predicted molar refractivity (Wildman–Crippen MR) is 257 cm³/mol. The van der Waals surface area contributed by atoms with Gasteiger partial charge in [-0.25, -0.2) is 32.7 Å². The number of aromatic nitrogens is 2. The zero-order valence-corrected chi connectivity index (χ0v) is 40.4. The largest absolute Gasteiger partial charge is 0.497 e. The number of carbonyl (C=O) groups is 4. The van der Waals surface area contributed by atoms with Crippen LogP contribution in [0.1, 0.15) is 90.9 Å². The van der Waals surface area contributed by atoms with Crippen LogP contribution in [0.5, 0.6) is 11.5 Å². The van der Waals surface area contributed by atoms with E-state index in [0.29, 0.717) is 46.6 Å². The number of thiophene rings is 1. The molecule has 3 aromatic heterocycles. The second-order valence-corrected chi connectivity index (χ2v) is 22.1. The molecular weight excluding hydrogens is 917 g/mol. The van der Waals surface area contributed by atoms with Crippen LogP contribution in [0, 0.1) is 11.8 Å². The normalized spacial score (nSPS) is 24.9. The molecule has 2 aliphatic heterocycles. The van der Waals surface area contributed by atoms with Gasteiger partial charge in [-0.1, -0.05) is 50.3 Å². The molecule has 0 radical (unpaired) electrons. The molecular formula is C47H60N8O9S3. The van der Waals surface area contributed by atoms with Crippen molar-refractivity contribution in [3.63, 3.8) is 0 Å². The van der Waals surface area contributed by atoms with Gasteiger partial charge in [0, 0.05) is 53.9 Å². The van der Waals surface area contributed by atoms with Crippen LogP contribution in [-0.2, 0) is 24.4 Å². The van der Waals surface area contributed by atoms with Gasteiger partial charge in [0.15, 0.2) is 5.13 Å². The number of aliphatic carboxylic acids is 1. The molecule has 4 amide bonds. The number of carboxylic acids is 1. The Bertz CT molecular complexity index is 2560. The molecule has 2 aliphatic carbocycles. The van der Waals surface area contributed by atoms with E-state index in [1.54, 1.807) is 36.8 Å². The Balaban J connectivity index is 1.08. The molecule has 17 nitrogen and oxygen atoms in total. The lowest BCUT2D eigenvalue weighted by molar-refractivity contribution is -0.145. The summed E-state index contributed by atoms with van der Waals surface area (Å²) in [4.78, 5) is 67.5. The minimum absolute atomic E-state index is 0.0136. The van der Waals surface area contributed by atoms with Gasteiger partial charge in [0.1, 0.15) is 45.1 Å². The average Bonchev–Trinajstić information content (AvgIpc) is 3.78. The van der Waals surface area contributed by atoms with E-state index in [0.717, 1.165) is 61.4 Å². The van der Waals surface area contributed by atoms with E-state index in [4.69, 9.17) is 19.4 Å². The zero-order chi connectivity index (χ0) is 47.3. The fourth-order valence-corrected chi connectivity index (χ4v) is 12.4. The van der Waals surface area contributed by atoms with E-state index in [2.05, 4.69) is 26.0 Å². The van der Waals surface area contributed by atoms with Crippen molar-refractivity contribution in [3.8, 4) is 22.9 Å². The summed E-state index contributed by atoms with van der Waals surface area (Å²) in [7, 11) is -2.24. The molecule has 1 aromatic carbocycles. The molecule has 360 valence electrons. The Morgan fingerprint density at radius 3 is 2.55 bits per heavy atom. The van der Waals surface area contributed by atoms with Gasteiger partial charge in [0.05, 0.1) is 24.9 Å². The summed E-state index contributed by atoms with van der Waals surface area (Å²) in [5, 5.41) is 27.5. The SMILES string of the molecule is COc1ccc2c(O[C@@H]3C[C@H]4C(=O)N[C@]5(C(=O)O)CC5/C=C\CCCCC[C@H](NC(=O)N[C@H](CNS(=O)(=O)c5cccs5)C5CCCCC5)C(=O)N4C3)cc(-c3csc(NC(C)C)n3)nc2c1. The van der Waals surface area contributed by atoms with Crippen LogP contribution in [0.3, 0.4) is 0 Å². The molecule has 0 bridgehead atoms. The molecule has 4 aromatic rings. The first-order valence-electron chi connectivity index (χ1n) is 23.2. The summed E-state index contributed by atoms with van der Waals surface area (Å²) < 4.78 is 41.5. The second kappa shape index (κ2) is 20.9. The number of rotatable bonds is 14. The minimum atomic E-state index is -3.81. The number of amides is 4. The van der Waals surface area contributed by atoms with Gasteiger partial charge in [-0.15, -0.1) is 22.7 Å². The summed E-state index contributed by atoms with van der Waals surface area (Å²) in [5.41, 5.74) is 0.241. The first kappa shape index (κ1) is 48.2. The number of anilines is 1. The maximum atomic E-state index is 15.0. The topological polar surface area (TPSA) is 230 Å². The van der Waals surface area contributed by atoms with Crippen molar-refractivity contribution in [2.75, 3.05) is 25.5 Å². The molecule has 67 heavy (non-hydrogen) atoms. The van der Waals surface area contributed by atoms with Crippen molar-refractivity contribution in [2.24, 2.45) is 11.8 Å². The lowest BCUT2D eigenvalue weighted by Crippen LogP contribution is -2.58. The number of urea groups is 1. The highest BCUT2D eigenvalue weighted by Gasteiger charge is 2.61.